The number of nitriles is 1. The molecule has 0 fully saturated rings. The van der Waals surface area contributed by atoms with Crippen molar-refractivity contribution in [2.24, 2.45) is 0 Å². The normalized spacial score (nSPS) is 12.8. The maximum Gasteiger partial charge on any atom is 0.419 e. The van der Waals surface area contributed by atoms with Crippen molar-refractivity contribution < 1.29 is 17.6 Å². The summed E-state index contributed by atoms with van der Waals surface area (Å²) in [6.07, 6.45) is -3.31. The molecule has 0 aliphatic rings. The fourth-order valence-electron chi connectivity index (χ4n) is 1.38. The summed E-state index contributed by atoms with van der Waals surface area (Å²) in [5, 5.41) is 11.5. The van der Waals surface area contributed by atoms with E-state index < -0.39 is 23.6 Å². The van der Waals surface area contributed by atoms with Crippen molar-refractivity contribution in [3.05, 3.63) is 47.8 Å². The van der Waals surface area contributed by atoms with E-state index in [2.05, 4.69) is 11.9 Å². The van der Waals surface area contributed by atoms with Crippen molar-refractivity contribution in [3.63, 3.8) is 0 Å². The molecule has 1 aromatic rings. The van der Waals surface area contributed by atoms with Crippen LogP contribution in [0, 0.1) is 17.1 Å². The van der Waals surface area contributed by atoms with E-state index >= 15 is 0 Å². The first-order chi connectivity index (χ1) is 8.40. The summed E-state index contributed by atoms with van der Waals surface area (Å²) >= 11 is 0. The Hall–Kier alpha value is -1.87. The zero-order chi connectivity index (χ0) is 13.8. The first-order valence-electron chi connectivity index (χ1n) is 5.00. The minimum absolute atomic E-state index is 0.0630. The Morgan fingerprint density at radius 3 is 2.61 bits per heavy atom. The summed E-state index contributed by atoms with van der Waals surface area (Å²) in [5.41, 5.74) is -1.31. The number of hydrogen-bond donors (Lipinski definition) is 1. The third kappa shape index (κ3) is 3.31. The molecule has 6 heteroatoms. The van der Waals surface area contributed by atoms with Gasteiger partial charge in [-0.3, -0.25) is 5.32 Å². The van der Waals surface area contributed by atoms with Gasteiger partial charge in [-0.1, -0.05) is 12.1 Å². The number of rotatable bonds is 4. The molecule has 1 unspecified atom stereocenters. The second-order valence-electron chi connectivity index (χ2n) is 3.50. The molecule has 0 amide bonds. The first-order valence-corrected chi connectivity index (χ1v) is 5.00. The van der Waals surface area contributed by atoms with Crippen molar-refractivity contribution >= 4 is 0 Å². The quantitative estimate of drug-likeness (QED) is 0.665. The molecule has 96 valence electrons. The maximum absolute atomic E-state index is 13.0. The molecule has 2 nitrogen and oxygen atoms in total. The molecule has 1 aromatic carbocycles. The Morgan fingerprint density at radius 2 is 2.11 bits per heavy atom. The van der Waals surface area contributed by atoms with E-state index in [9.17, 15) is 17.6 Å². The van der Waals surface area contributed by atoms with Gasteiger partial charge in [0.1, 0.15) is 11.9 Å². The van der Waals surface area contributed by atoms with Gasteiger partial charge >= 0.3 is 6.18 Å². The number of nitrogens with zero attached hydrogens (tertiary/aromatic N) is 1. The topological polar surface area (TPSA) is 35.8 Å². The lowest BCUT2D eigenvalue weighted by Crippen LogP contribution is -2.20. The smallest absolute Gasteiger partial charge is 0.295 e. The zero-order valence-corrected chi connectivity index (χ0v) is 9.26. The van der Waals surface area contributed by atoms with Crippen LogP contribution in [0.5, 0.6) is 0 Å². The molecule has 0 saturated heterocycles. The van der Waals surface area contributed by atoms with Crippen LogP contribution in [0.2, 0.25) is 0 Å². The Labute approximate surface area is 102 Å². The molecule has 1 N–H and O–H groups in total. The lowest BCUT2D eigenvalue weighted by molar-refractivity contribution is -0.140. The number of hydrogen-bond acceptors (Lipinski definition) is 2. The van der Waals surface area contributed by atoms with E-state index in [4.69, 9.17) is 5.26 Å². The van der Waals surface area contributed by atoms with Crippen LogP contribution in [-0.4, -0.2) is 6.54 Å². The van der Waals surface area contributed by atoms with Crippen LogP contribution in [0.1, 0.15) is 17.2 Å². The number of benzene rings is 1. The minimum Gasteiger partial charge on any atom is -0.295 e. The zero-order valence-electron chi connectivity index (χ0n) is 9.26. The number of nitrogens with one attached hydrogen (secondary N) is 1. The molecular weight excluding hydrogens is 248 g/mol. The Kier molecular flexibility index (Phi) is 4.45. The van der Waals surface area contributed by atoms with E-state index in [0.29, 0.717) is 12.1 Å². The molecule has 0 aliphatic carbocycles. The fourth-order valence-corrected chi connectivity index (χ4v) is 1.38. The monoisotopic (exact) mass is 258 g/mol. The second kappa shape index (κ2) is 5.65. The van der Waals surface area contributed by atoms with Crippen LogP contribution < -0.4 is 5.32 Å². The Bertz CT molecular complexity index is 474. The van der Waals surface area contributed by atoms with Gasteiger partial charge in [-0.15, -0.1) is 6.58 Å². The largest absolute Gasteiger partial charge is 0.419 e. The third-order valence-corrected chi connectivity index (χ3v) is 2.22. The maximum atomic E-state index is 13.0. The molecule has 0 bridgehead atoms. The van der Waals surface area contributed by atoms with Gasteiger partial charge in [0.05, 0.1) is 11.6 Å². The fraction of sp³-hybridized carbons (Fsp3) is 0.250. The highest BCUT2D eigenvalue weighted by atomic mass is 19.4. The van der Waals surface area contributed by atoms with Crippen LogP contribution in [-0.2, 0) is 6.18 Å². The molecule has 0 spiro atoms. The van der Waals surface area contributed by atoms with Gasteiger partial charge in [0.25, 0.3) is 0 Å². The SMILES string of the molecule is C=CCNC(C#N)c1ccc(F)c(C(F)(F)F)c1. The van der Waals surface area contributed by atoms with Crippen molar-refractivity contribution in [1.29, 1.82) is 5.26 Å². The van der Waals surface area contributed by atoms with Crippen molar-refractivity contribution in [3.8, 4) is 6.07 Å². The van der Waals surface area contributed by atoms with Gasteiger partial charge in [-0.2, -0.15) is 18.4 Å². The van der Waals surface area contributed by atoms with Crippen molar-refractivity contribution in [1.82, 2.24) is 5.32 Å². The molecule has 1 atom stereocenters. The Balaban J connectivity index is 3.11. The van der Waals surface area contributed by atoms with Gasteiger partial charge in [-0.25, -0.2) is 4.39 Å². The molecule has 0 aromatic heterocycles. The lowest BCUT2D eigenvalue weighted by Gasteiger charge is -2.14. The van der Waals surface area contributed by atoms with Gasteiger partial charge in [0, 0.05) is 6.54 Å². The Morgan fingerprint density at radius 1 is 1.44 bits per heavy atom. The van der Waals surface area contributed by atoms with Gasteiger partial charge in [0.2, 0.25) is 0 Å². The van der Waals surface area contributed by atoms with Crippen LogP contribution >= 0.6 is 0 Å². The molecule has 1 rings (SSSR count). The summed E-state index contributed by atoms with van der Waals surface area (Å²) in [6.45, 7) is 3.68. The summed E-state index contributed by atoms with van der Waals surface area (Å²) in [5.74, 6) is -1.35. The predicted octanol–water partition coefficient (Wildman–Crippen LogP) is 3.18. The van der Waals surface area contributed by atoms with Crippen molar-refractivity contribution in [2.75, 3.05) is 6.54 Å². The van der Waals surface area contributed by atoms with Gasteiger partial charge in [0.15, 0.2) is 0 Å². The minimum atomic E-state index is -4.78. The molecule has 0 aliphatic heterocycles. The summed E-state index contributed by atoms with van der Waals surface area (Å²) < 4.78 is 50.5. The van der Waals surface area contributed by atoms with Gasteiger partial charge < -0.3 is 0 Å². The third-order valence-electron chi connectivity index (χ3n) is 2.22. The van der Waals surface area contributed by atoms with E-state index in [1.807, 2.05) is 0 Å². The highest BCUT2D eigenvalue weighted by Gasteiger charge is 2.34. The average Bonchev–Trinajstić information content (AvgIpc) is 2.30. The highest BCUT2D eigenvalue weighted by molar-refractivity contribution is 5.32. The van der Waals surface area contributed by atoms with E-state index in [0.717, 1.165) is 6.07 Å². The standard InChI is InChI=1S/C12H10F4N2/c1-2-5-18-11(7-17)8-3-4-10(13)9(6-8)12(14,15)16/h2-4,6,11,18H,1,5H2. The second-order valence-corrected chi connectivity index (χ2v) is 3.50. The van der Waals surface area contributed by atoms with E-state index in [-0.39, 0.29) is 12.1 Å². The van der Waals surface area contributed by atoms with E-state index in [1.54, 1.807) is 6.07 Å². The molecule has 0 saturated carbocycles. The lowest BCUT2D eigenvalue weighted by atomic mass is 10.0. The van der Waals surface area contributed by atoms with Gasteiger partial charge in [-0.05, 0) is 17.7 Å². The van der Waals surface area contributed by atoms with Crippen molar-refractivity contribution in [2.45, 2.75) is 12.2 Å². The summed E-state index contributed by atoms with van der Waals surface area (Å²) in [6, 6.07) is 3.35. The summed E-state index contributed by atoms with van der Waals surface area (Å²) in [4.78, 5) is 0. The molecular formula is C12H10F4N2. The highest BCUT2D eigenvalue weighted by Crippen LogP contribution is 2.32. The number of alkyl halides is 3. The summed E-state index contributed by atoms with van der Waals surface area (Å²) in [7, 11) is 0. The van der Waals surface area contributed by atoms with Crippen LogP contribution in [0.3, 0.4) is 0 Å². The molecule has 0 heterocycles. The van der Waals surface area contributed by atoms with Crippen LogP contribution in [0.15, 0.2) is 30.9 Å². The van der Waals surface area contributed by atoms with E-state index in [1.165, 1.54) is 6.08 Å². The van der Waals surface area contributed by atoms with Crippen LogP contribution in [0.25, 0.3) is 0 Å². The first kappa shape index (κ1) is 14.2. The predicted molar refractivity (Wildman–Crippen MR) is 58.0 cm³/mol. The average molecular weight is 258 g/mol. The van der Waals surface area contributed by atoms with Crippen LogP contribution in [0.4, 0.5) is 17.6 Å². The molecule has 18 heavy (non-hydrogen) atoms. The number of halogens is 4. The molecule has 0 radical (unpaired) electrons.